The molecule has 0 atom stereocenters. The Morgan fingerprint density at radius 1 is 1.18 bits per heavy atom. The van der Waals surface area contributed by atoms with E-state index in [0.717, 1.165) is 18.2 Å². The number of carbonyl (C=O) groups is 3. The number of esters is 2. The molecule has 2 aromatic rings. The number of Topliss-reactive ketones (excluding diaryl/α,β-unsaturated/α-hetero) is 1. The first kappa shape index (κ1) is 21.1. The Morgan fingerprint density at radius 2 is 1.86 bits per heavy atom. The Balaban J connectivity index is 2.12. The van der Waals surface area contributed by atoms with Crippen LogP contribution in [-0.4, -0.2) is 40.8 Å². The van der Waals surface area contributed by atoms with Crippen molar-refractivity contribution in [3.05, 3.63) is 61.4 Å². The van der Waals surface area contributed by atoms with Crippen LogP contribution in [0, 0.1) is 24.0 Å². The van der Waals surface area contributed by atoms with Crippen LogP contribution in [0.5, 0.6) is 0 Å². The van der Waals surface area contributed by atoms with E-state index in [-0.39, 0.29) is 34.1 Å². The molecule has 28 heavy (non-hydrogen) atoms. The summed E-state index contributed by atoms with van der Waals surface area (Å²) in [6.45, 7) is 4.47. The molecule has 0 aliphatic heterocycles. The van der Waals surface area contributed by atoms with Gasteiger partial charge in [-0.25, -0.2) is 9.59 Å². The lowest BCUT2D eigenvalue weighted by Crippen LogP contribution is -2.16. The van der Waals surface area contributed by atoms with Crippen molar-refractivity contribution >= 4 is 35.0 Å². The van der Waals surface area contributed by atoms with Crippen molar-refractivity contribution in [1.82, 2.24) is 4.98 Å². The van der Waals surface area contributed by atoms with Gasteiger partial charge < -0.3 is 14.5 Å². The van der Waals surface area contributed by atoms with Gasteiger partial charge in [-0.05, 0) is 32.4 Å². The molecule has 10 heteroatoms. The Labute approximate surface area is 164 Å². The van der Waals surface area contributed by atoms with Crippen LogP contribution in [0.2, 0.25) is 5.02 Å². The number of non-ortho nitro benzene ring substituents is 1. The van der Waals surface area contributed by atoms with E-state index in [1.54, 1.807) is 20.8 Å². The molecule has 0 aliphatic rings. The number of hydrogen-bond donors (Lipinski definition) is 1. The van der Waals surface area contributed by atoms with Gasteiger partial charge >= 0.3 is 11.9 Å². The smallest absolute Gasteiger partial charge is 0.340 e. The fraction of sp³-hybridized carbons (Fsp3) is 0.278. The number of aromatic nitrogens is 1. The number of nitro benzene ring substituents is 1. The van der Waals surface area contributed by atoms with Gasteiger partial charge in [-0.1, -0.05) is 11.6 Å². The average Bonchev–Trinajstić information content (AvgIpc) is 2.93. The number of ketones is 1. The summed E-state index contributed by atoms with van der Waals surface area (Å²) >= 11 is 5.87. The first-order valence-corrected chi connectivity index (χ1v) is 8.55. The molecule has 0 aliphatic carbocycles. The van der Waals surface area contributed by atoms with E-state index in [0.29, 0.717) is 11.3 Å². The number of benzene rings is 1. The first-order valence-electron chi connectivity index (χ1n) is 8.17. The summed E-state index contributed by atoms with van der Waals surface area (Å²) in [5.74, 6) is -2.01. The highest BCUT2D eigenvalue weighted by Gasteiger charge is 2.24. The number of H-pyrrole nitrogens is 1. The molecule has 0 saturated carbocycles. The standard InChI is InChI=1S/C18H17ClN2O7/c1-4-27-18(24)15-9(2)16(20-10(15)3)14(22)8-28-17(23)12-6-5-11(21(25)26)7-13(12)19/h5-7,20H,4,8H2,1-3H3. The van der Waals surface area contributed by atoms with E-state index in [1.807, 2.05) is 0 Å². The SMILES string of the molecule is CCOC(=O)c1c(C)[nH]c(C(=O)COC(=O)c2ccc([N+](=O)[O-])cc2Cl)c1C. The van der Waals surface area contributed by atoms with Gasteiger partial charge in [0.05, 0.1) is 33.4 Å². The Morgan fingerprint density at radius 3 is 2.43 bits per heavy atom. The van der Waals surface area contributed by atoms with Gasteiger partial charge in [0, 0.05) is 17.8 Å². The molecular formula is C18H17ClN2O7. The van der Waals surface area contributed by atoms with E-state index < -0.39 is 29.3 Å². The summed E-state index contributed by atoms with van der Waals surface area (Å²) in [5, 5.41) is 10.5. The number of carbonyl (C=O) groups excluding carboxylic acids is 3. The normalized spacial score (nSPS) is 10.4. The molecule has 0 unspecified atom stereocenters. The van der Waals surface area contributed by atoms with Crippen LogP contribution in [0.15, 0.2) is 18.2 Å². The topological polar surface area (TPSA) is 129 Å². The summed E-state index contributed by atoms with van der Waals surface area (Å²) in [7, 11) is 0. The molecule has 1 aromatic carbocycles. The molecule has 0 bridgehead atoms. The minimum Gasteiger partial charge on any atom is -0.462 e. The van der Waals surface area contributed by atoms with Gasteiger partial charge in [-0.2, -0.15) is 0 Å². The fourth-order valence-corrected chi connectivity index (χ4v) is 2.85. The monoisotopic (exact) mass is 408 g/mol. The average molecular weight is 409 g/mol. The highest BCUT2D eigenvalue weighted by Crippen LogP contribution is 2.24. The van der Waals surface area contributed by atoms with Crippen LogP contribution < -0.4 is 0 Å². The van der Waals surface area contributed by atoms with Gasteiger partial charge in [0.1, 0.15) is 0 Å². The second-order valence-electron chi connectivity index (χ2n) is 5.77. The maximum Gasteiger partial charge on any atom is 0.340 e. The maximum absolute atomic E-state index is 12.4. The molecule has 0 amide bonds. The molecule has 1 N–H and O–H groups in total. The predicted molar refractivity (Wildman–Crippen MR) is 98.9 cm³/mol. The van der Waals surface area contributed by atoms with E-state index in [1.165, 1.54) is 0 Å². The lowest BCUT2D eigenvalue weighted by Gasteiger charge is -2.06. The third-order valence-electron chi connectivity index (χ3n) is 3.91. The molecule has 0 fully saturated rings. The molecular weight excluding hydrogens is 392 g/mol. The first-order chi connectivity index (χ1) is 13.2. The number of ether oxygens (including phenoxy) is 2. The number of aromatic amines is 1. The second kappa shape index (κ2) is 8.66. The van der Waals surface area contributed by atoms with Crippen LogP contribution in [0.1, 0.15) is 49.4 Å². The number of nitrogens with one attached hydrogen (secondary N) is 1. The van der Waals surface area contributed by atoms with Crippen LogP contribution >= 0.6 is 11.6 Å². The van der Waals surface area contributed by atoms with E-state index in [4.69, 9.17) is 21.1 Å². The maximum atomic E-state index is 12.4. The van der Waals surface area contributed by atoms with Crippen molar-refractivity contribution < 1.29 is 28.8 Å². The highest BCUT2D eigenvalue weighted by atomic mass is 35.5. The zero-order valence-corrected chi connectivity index (χ0v) is 16.1. The van der Waals surface area contributed by atoms with E-state index in [2.05, 4.69) is 4.98 Å². The zero-order chi connectivity index (χ0) is 21.0. The van der Waals surface area contributed by atoms with E-state index >= 15 is 0 Å². The molecule has 0 radical (unpaired) electrons. The molecule has 0 spiro atoms. The summed E-state index contributed by atoms with van der Waals surface area (Å²) < 4.78 is 9.92. The summed E-state index contributed by atoms with van der Waals surface area (Å²) in [4.78, 5) is 49.4. The van der Waals surface area contributed by atoms with Crippen LogP contribution in [0.3, 0.4) is 0 Å². The molecule has 1 heterocycles. The van der Waals surface area contributed by atoms with Gasteiger partial charge in [0.15, 0.2) is 6.61 Å². The lowest BCUT2D eigenvalue weighted by molar-refractivity contribution is -0.384. The third kappa shape index (κ3) is 4.37. The number of nitro groups is 1. The summed E-state index contributed by atoms with van der Waals surface area (Å²) in [5.41, 5.74) is 0.862. The molecule has 1 aromatic heterocycles. The van der Waals surface area contributed by atoms with E-state index in [9.17, 15) is 24.5 Å². The van der Waals surface area contributed by atoms with Crippen molar-refractivity contribution in [3.63, 3.8) is 0 Å². The molecule has 148 valence electrons. The van der Waals surface area contributed by atoms with Crippen LogP contribution in [0.25, 0.3) is 0 Å². The highest BCUT2D eigenvalue weighted by molar-refractivity contribution is 6.33. The minimum atomic E-state index is -0.903. The van der Waals surface area contributed by atoms with Gasteiger partial charge in [0.2, 0.25) is 5.78 Å². The van der Waals surface area contributed by atoms with Crippen molar-refractivity contribution in [1.29, 1.82) is 0 Å². The lowest BCUT2D eigenvalue weighted by atomic mass is 10.1. The Hall–Kier alpha value is -3.20. The molecule has 9 nitrogen and oxygen atoms in total. The van der Waals surface area contributed by atoms with Crippen molar-refractivity contribution in [3.8, 4) is 0 Å². The number of aryl methyl sites for hydroxylation is 1. The quantitative estimate of drug-likeness (QED) is 0.321. The predicted octanol–water partition coefficient (Wildman–Crippen LogP) is 3.41. The second-order valence-corrected chi connectivity index (χ2v) is 6.17. The Kier molecular flexibility index (Phi) is 6.53. The van der Waals surface area contributed by atoms with Crippen molar-refractivity contribution in [2.75, 3.05) is 13.2 Å². The number of halogens is 1. The third-order valence-corrected chi connectivity index (χ3v) is 4.23. The zero-order valence-electron chi connectivity index (χ0n) is 15.3. The van der Waals surface area contributed by atoms with Crippen LogP contribution in [-0.2, 0) is 9.47 Å². The summed E-state index contributed by atoms with van der Waals surface area (Å²) in [6.07, 6.45) is 0. The van der Waals surface area contributed by atoms with Crippen LogP contribution in [0.4, 0.5) is 5.69 Å². The number of rotatable bonds is 7. The summed E-state index contributed by atoms with van der Waals surface area (Å²) in [6, 6.07) is 3.27. The number of hydrogen-bond acceptors (Lipinski definition) is 7. The van der Waals surface area contributed by atoms with Gasteiger partial charge in [-0.3, -0.25) is 14.9 Å². The largest absolute Gasteiger partial charge is 0.462 e. The van der Waals surface area contributed by atoms with Gasteiger partial charge in [-0.15, -0.1) is 0 Å². The minimum absolute atomic E-state index is 0.105. The van der Waals surface area contributed by atoms with Crippen molar-refractivity contribution in [2.24, 2.45) is 0 Å². The fourth-order valence-electron chi connectivity index (χ4n) is 2.60. The van der Waals surface area contributed by atoms with Gasteiger partial charge in [0.25, 0.3) is 5.69 Å². The number of nitrogens with zero attached hydrogens (tertiary/aromatic N) is 1. The Bertz CT molecular complexity index is 965. The molecule has 2 rings (SSSR count). The molecule has 0 saturated heterocycles. The van der Waals surface area contributed by atoms with Crippen molar-refractivity contribution in [2.45, 2.75) is 20.8 Å².